The van der Waals surface area contributed by atoms with Gasteiger partial charge in [-0.15, -0.1) is 0 Å². The number of aromatic nitrogens is 2. The molecule has 106 valence electrons. The largest absolute Gasteiger partial charge is 0.489 e. The topological polar surface area (TPSA) is 90.4 Å². The Morgan fingerprint density at radius 3 is 2.75 bits per heavy atom. The predicted octanol–water partition coefficient (Wildman–Crippen LogP) is 2.24. The fourth-order valence-electron chi connectivity index (χ4n) is 1.82. The Morgan fingerprint density at radius 2 is 2.25 bits per heavy atom. The molecule has 2 aromatic rings. The molecule has 7 heteroatoms. The van der Waals surface area contributed by atoms with E-state index in [0.29, 0.717) is 10.9 Å². The number of halogens is 1. The van der Waals surface area contributed by atoms with Crippen LogP contribution < -0.4 is 10.5 Å². The minimum Gasteiger partial charge on any atom is -0.489 e. The second-order valence-electron chi connectivity index (χ2n) is 4.32. The van der Waals surface area contributed by atoms with Gasteiger partial charge in [0.25, 0.3) is 0 Å². The van der Waals surface area contributed by atoms with Crippen LogP contribution >= 0.6 is 11.6 Å². The Hall–Kier alpha value is -2.21. The van der Waals surface area contributed by atoms with Gasteiger partial charge in [-0.1, -0.05) is 11.6 Å². The maximum atomic E-state index is 10.9. The van der Waals surface area contributed by atoms with Gasteiger partial charge < -0.3 is 15.6 Å². The van der Waals surface area contributed by atoms with E-state index in [-0.39, 0.29) is 17.9 Å². The van der Waals surface area contributed by atoms with E-state index < -0.39 is 5.97 Å². The highest BCUT2D eigenvalue weighted by molar-refractivity contribution is 6.30. The quantitative estimate of drug-likeness (QED) is 0.844. The van der Waals surface area contributed by atoms with E-state index >= 15 is 0 Å². The molecule has 20 heavy (non-hydrogen) atoms. The minimum atomic E-state index is -1.07. The third-order valence-electron chi connectivity index (χ3n) is 2.91. The number of carboxylic acid groups (broad SMARTS) is 1. The normalized spacial score (nSPS) is 10.6. The highest BCUT2D eigenvalue weighted by Gasteiger charge is 2.13. The van der Waals surface area contributed by atoms with Crippen molar-refractivity contribution in [2.75, 3.05) is 5.73 Å². The molecule has 1 aromatic carbocycles. The van der Waals surface area contributed by atoms with Crippen LogP contribution in [0, 0.1) is 6.92 Å². The first-order chi connectivity index (χ1) is 9.40. The van der Waals surface area contributed by atoms with Crippen LogP contribution in [0.4, 0.5) is 5.69 Å². The lowest BCUT2D eigenvalue weighted by Crippen LogP contribution is -2.03. The number of benzene rings is 1. The van der Waals surface area contributed by atoms with E-state index in [2.05, 4.69) is 5.10 Å². The predicted molar refractivity (Wildman–Crippen MR) is 75.1 cm³/mol. The lowest BCUT2D eigenvalue weighted by Gasteiger charge is -2.08. The SMILES string of the molecule is Cc1nn(C)c(Cl)c1COc1ccc(C(=O)O)c(N)c1. The highest BCUT2D eigenvalue weighted by Crippen LogP contribution is 2.24. The number of nitrogens with two attached hydrogens (primary N) is 1. The lowest BCUT2D eigenvalue weighted by atomic mass is 10.2. The molecule has 3 N–H and O–H groups in total. The van der Waals surface area contributed by atoms with Crippen LogP contribution in [0.25, 0.3) is 0 Å². The van der Waals surface area contributed by atoms with Gasteiger partial charge >= 0.3 is 5.97 Å². The summed E-state index contributed by atoms with van der Waals surface area (Å²) in [6, 6.07) is 4.44. The molecular weight excluding hydrogens is 282 g/mol. The van der Waals surface area contributed by atoms with Crippen LogP contribution in [0.3, 0.4) is 0 Å². The standard InChI is InChI=1S/C13H14ClN3O3/c1-7-10(12(14)17(2)16-7)6-20-8-3-4-9(13(18)19)11(15)5-8/h3-5H,6,15H2,1-2H3,(H,18,19). The van der Waals surface area contributed by atoms with Gasteiger partial charge in [0.1, 0.15) is 17.5 Å². The van der Waals surface area contributed by atoms with Gasteiger partial charge in [0.2, 0.25) is 0 Å². The van der Waals surface area contributed by atoms with Crippen LogP contribution in [-0.2, 0) is 13.7 Å². The van der Waals surface area contributed by atoms with Crippen molar-refractivity contribution in [2.45, 2.75) is 13.5 Å². The van der Waals surface area contributed by atoms with Crippen molar-refractivity contribution in [1.82, 2.24) is 9.78 Å². The maximum Gasteiger partial charge on any atom is 0.337 e. The summed E-state index contributed by atoms with van der Waals surface area (Å²) in [6.45, 7) is 2.08. The summed E-state index contributed by atoms with van der Waals surface area (Å²) < 4.78 is 7.14. The molecule has 0 radical (unpaired) electrons. The average molecular weight is 296 g/mol. The third-order valence-corrected chi connectivity index (χ3v) is 3.38. The Kier molecular flexibility index (Phi) is 3.85. The Morgan fingerprint density at radius 1 is 1.55 bits per heavy atom. The zero-order valence-electron chi connectivity index (χ0n) is 11.1. The number of anilines is 1. The van der Waals surface area contributed by atoms with Crippen molar-refractivity contribution < 1.29 is 14.6 Å². The van der Waals surface area contributed by atoms with Crippen molar-refractivity contribution in [3.8, 4) is 5.75 Å². The molecule has 0 saturated carbocycles. The van der Waals surface area contributed by atoms with Gasteiger partial charge in [0.05, 0.1) is 11.3 Å². The summed E-state index contributed by atoms with van der Waals surface area (Å²) >= 11 is 6.10. The van der Waals surface area contributed by atoms with E-state index in [9.17, 15) is 4.79 Å². The molecule has 0 atom stereocenters. The molecule has 0 aliphatic rings. The number of nitrogen functional groups attached to an aromatic ring is 1. The van der Waals surface area contributed by atoms with Crippen molar-refractivity contribution in [3.05, 3.63) is 40.2 Å². The number of hydrogen-bond donors (Lipinski definition) is 2. The van der Waals surface area contributed by atoms with Crippen molar-refractivity contribution >= 4 is 23.3 Å². The van der Waals surface area contributed by atoms with Crippen LogP contribution in [0.1, 0.15) is 21.6 Å². The molecular formula is C13H14ClN3O3. The van der Waals surface area contributed by atoms with E-state index in [1.54, 1.807) is 17.8 Å². The monoisotopic (exact) mass is 295 g/mol. The number of rotatable bonds is 4. The second-order valence-corrected chi connectivity index (χ2v) is 4.68. The summed E-state index contributed by atoms with van der Waals surface area (Å²) in [6.07, 6.45) is 0. The minimum absolute atomic E-state index is 0.0490. The molecule has 0 aliphatic carbocycles. The smallest absolute Gasteiger partial charge is 0.337 e. The fourth-order valence-corrected chi connectivity index (χ4v) is 2.05. The summed E-state index contributed by atoms with van der Waals surface area (Å²) in [5.74, 6) is -0.591. The first kappa shape index (κ1) is 14.2. The number of hydrogen-bond acceptors (Lipinski definition) is 4. The number of ether oxygens (including phenoxy) is 1. The van der Waals surface area contributed by atoms with Gasteiger partial charge in [-0.25, -0.2) is 4.79 Å². The zero-order valence-corrected chi connectivity index (χ0v) is 11.8. The number of carboxylic acids is 1. The summed E-state index contributed by atoms with van der Waals surface area (Å²) in [5, 5.41) is 13.6. The number of aryl methyl sites for hydroxylation is 2. The lowest BCUT2D eigenvalue weighted by molar-refractivity contribution is 0.0698. The average Bonchev–Trinajstić information content (AvgIpc) is 2.61. The molecule has 0 bridgehead atoms. The number of aromatic carboxylic acids is 1. The molecule has 0 amide bonds. The van der Waals surface area contributed by atoms with Crippen LogP contribution in [0.5, 0.6) is 5.75 Å². The molecule has 1 heterocycles. The Balaban J connectivity index is 2.15. The number of carbonyl (C=O) groups is 1. The summed E-state index contributed by atoms with van der Waals surface area (Å²) in [4.78, 5) is 10.9. The highest BCUT2D eigenvalue weighted by atomic mass is 35.5. The zero-order chi connectivity index (χ0) is 14.9. The molecule has 0 unspecified atom stereocenters. The van der Waals surface area contributed by atoms with Crippen molar-refractivity contribution in [3.63, 3.8) is 0 Å². The van der Waals surface area contributed by atoms with E-state index in [1.807, 2.05) is 6.92 Å². The van der Waals surface area contributed by atoms with E-state index in [0.717, 1.165) is 11.3 Å². The third kappa shape index (κ3) is 2.70. The van der Waals surface area contributed by atoms with E-state index in [1.165, 1.54) is 12.1 Å². The second kappa shape index (κ2) is 5.42. The fraction of sp³-hybridized carbons (Fsp3) is 0.231. The van der Waals surface area contributed by atoms with Gasteiger partial charge in [-0.3, -0.25) is 4.68 Å². The van der Waals surface area contributed by atoms with Gasteiger partial charge in [0.15, 0.2) is 0 Å². The first-order valence-corrected chi connectivity index (χ1v) is 6.21. The Bertz CT molecular complexity index is 667. The summed E-state index contributed by atoms with van der Waals surface area (Å²) in [5.41, 5.74) is 7.43. The van der Waals surface area contributed by atoms with Crippen LogP contribution in [0.15, 0.2) is 18.2 Å². The molecule has 0 spiro atoms. The van der Waals surface area contributed by atoms with Gasteiger partial charge in [0, 0.05) is 24.4 Å². The number of nitrogens with zero attached hydrogens (tertiary/aromatic N) is 2. The van der Waals surface area contributed by atoms with Crippen molar-refractivity contribution in [1.29, 1.82) is 0 Å². The molecule has 6 nitrogen and oxygen atoms in total. The molecule has 0 saturated heterocycles. The van der Waals surface area contributed by atoms with Gasteiger partial charge in [-0.2, -0.15) is 5.10 Å². The molecule has 0 aliphatic heterocycles. The molecule has 0 fully saturated rings. The van der Waals surface area contributed by atoms with E-state index in [4.69, 9.17) is 27.2 Å². The maximum absolute atomic E-state index is 10.9. The first-order valence-electron chi connectivity index (χ1n) is 5.83. The molecule has 2 rings (SSSR count). The van der Waals surface area contributed by atoms with Crippen LogP contribution in [-0.4, -0.2) is 20.9 Å². The van der Waals surface area contributed by atoms with Crippen LogP contribution in [0.2, 0.25) is 5.15 Å². The summed E-state index contributed by atoms with van der Waals surface area (Å²) in [7, 11) is 1.75. The van der Waals surface area contributed by atoms with Crippen molar-refractivity contribution in [2.24, 2.45) is 7.05 Å². The molecule has 1 aromatic heterocycles. The Labute approximate surface area is 120 Å². The van der Waals surface area contributed by atoms with Gasteiger partial charge in [-0.05, 0) is 19.1 Å².